The van der Waals surface area contributed by atoms with Crippen LogP contribution in [0.3, 0.4) is 0 Å². The summed E-state index contributed by atoms with van der Waals surface area (Å²) in [6, 6.07) is 16.2. The van der Waals surface area contributed by atoms with Gasteiger partial charge < -0.3 is 4.74 Å². The number of rotatable bonds is 7. The summed E-state index contributed by atoms with van der Waals surface area (Å²) in [6.07, 6.45) is 1.59. The molecule has 3 aromatic rings. The summed E-state index contributed by atoms with van der Waals surface area (Å²) in [4.78, 5) is 30.8. The monoisotopic (exact) mass is 412 g/mol. The minimum atomic E-state index is -0.651. The maximum absolute atomic E-state index is 12.6. The molecule has 0 saturated heterocycles. The molecule has 2 aromatic carbocycles. The minimum absolute atomic E-state index is 0.216. The minimum Gasteiger partial charge on any atom is -0.452 e. The van der Waals surface area contributed by atoms with E-state index in [0.717, 1.165) is 11.3 Å². The average Bonchev–Trinajstić information content (AvgIpc) is 3.21. The summed E-state index contributed by atoms with van der Waals surface area (Å²) in [7, 11) is 0. The van der Waals surface area contributed by atoms with Crippen molar-refractivity contribution in [2.75, 3.05) is 18.1 Å². The van der Waals surface area contributed by atoms with Crippen molar-refractivity contribution in [1.82, 2.24) is 4.98 Å². The van der Waals surface area contributed by atoms with E-state index in [9.17, 15) is 9.59 Å². The lowest BCUT2D eigenvalue weighted by Gasteiger charge is -2.18. The van der Waals surface area contributed by atoms with Gasteiger partial charge in [0.25, 0.3) is 5.91 Å². The van der Waals surface area contributed by atoms with Gasteiger partial charge in [-0.15, -0.1) is 17.9 Å². The fourth-order valence-corrected chi connectivity index (χ4v) is 3.53. The van der Waals surface area contributed by atoms with Crippen LogP contribution in [0.1, 0.15) is 10.4 Å². The highest BCUT2D eigenvalue weighted by Crippen LogP contribution is 2.27. The smallest absolute Gasteiger partial charge is 0.340 e. The number of anilines is 1. The Labute approximate surface area is 171 Å². The number of benzene rings is 2. The second kappa shape index (κ2) is 9.30. The first-order chi connectivity index (χ1) is 13.6. The summed E-state index contributed by atoms with van der Waals surface area (Å²) in [5, 5.41) is 2.66. The molecule has 3 rings (SSSR count). The van der Waals surface area contributed by atoms with Crippen LogP contribution in [0.25, 0.3) is 11.3 Å². The van der Waals surface area contributed by atoms with Crippen LogP contribution < -0.4 is 4.90 Å². The van der Waals surface area contributed by atoms with E-state index in [-0.39, 0.29) is 17.1 Å². The number of carbonyl (C=O) groups is 2. The van der Waals surface area contributed by atoms with Crippen molar-refractivity contribution >= 4 is 39.9 Å². The average molecular weight is 413 g/mol. The standard InChI is InChI=1S/C21H17ClN2O3S/c1-2-12-24(21-23-18(14-28-21)15-8-4-3-5-9-15)19(25)13-27-20(26)16-10-6-7-11-17(16)22/h2-11,14H,1,12-13H2. The van der Waals surface area contributed by atoms with Crippen LogP contribution in [0.4, 0.5) is 5.13 Å². The Bertz CT molecular complexity index is 988. The number of amides is 1. The highest BCUT2D eigenvalue weighted by molar-refractivity contribution is 7.14. The third-order valence-electron chi connectivity index (χ3n) is 3.83. The van der Waals surface area contributed by atoms with E-state index in [4.69, 9.17) is 16.3 Å². The number of aromatic nitrogens is 1. The number of carbonyl (C=O) groups excluding carboxylic acids is 2. The predicted octanol–water partition coefficient (Wildman–Crippen LogP) is 4.84. The highest BCUT2D eigenvalue weighted by atomic mass is 35.5. The molecule has 0 N–H and O–H groups in total. The van der Waals surface area contributed by atoms with E-state index < -0.39 is 18.5 Å². The van der Waals surface area contributed by atoms with Crippen molar-refractivity contribution in [3.8, 4) is 11.3 Å². The van der Waals surface area contributed by atoms with Crippen LogP contribution in [0, 0.1) is 0 Å². The van der Waals surface area contributed by atoms with E-state index in [1.807, 2.05) is 35.7 Å². The molecule has 0 saturated carbocycles. The quantitative estimate of drug-likeness (QED) is 0.411. The third-order valence-corrected chi connectivity index (χ3v) is 5.02. The number of halogens is 1. The van der Waals surface area contributed by atoms with Gasteiger partial charge in [-0.3, -0.25) is 9.69 Å². The van der Waals surface area contributed by atoms with Gasteiger partial charge in [-0.2, -0.15) is 0 Å². The first-order valence-electron chi connectivity index (χ1n) is 8.44. The molecule has 0 fully saturated rings. The van der Waals surface area contributed by atoms with Gasteiger partial charge in [0.2, 0.25) is 0 Å². The fourth-order valence-electron chi connectivity index (χ4n) is 2.46. The van der Waals surface area contributed by atoms with Gasteiger partial charge in [0.1, 0.15) is 0 Å². The molecule has 0 bridgehead atoms. The van der Waals surface area contributed by atoms with Gasteiger partial charge in [0, 0.05) is 17.5 Å². The van der Waals surface area contributed by atoms with Gasteiger partial charge in [0.05, 0.1) is 16.3 Å². The van der Waals surface area contributed by atoms with Gasteiger partial charge in [-0.05, 0) is 12.1 Å². The lowest BCUT2D eigenvalue weighted by Crippen LogP contribution is -2.34. The molecular formula is C21H17ClN2O3S. The van der Waals surface area contributed by atoms with Crippen LogP contribution in [-0.4, -0.2) is 30.0 Å². The maximum atomic E-state index is 12.6. The van der Waals surface area contributed by atoms with E-state index in [1.165, 1.54) is 16.2 Å². The molecule has 0 spiro atoms. The van der Waals surface area contributed by atoms with Crippen LogP contribution in [0.2, 0.25) is 5.02 Å². The SMILES string of the molecule is C=CCN(C(=O)COC(=O)c1ccccc1Cl)c1nc(-c2ccccc2)cs1. The van der Waals surface area contributed by atoms with Crippen LogP contribution in [-0.2, 0) is 9.53 Å². The number of ether oxygens (including phenoxy) is 1. The second-order valence-electron chi connectivity index (χ2n) is 5.73. The first-order valence-corrected chi connectivity index (χ1v) is 9.69. The lowest BCUT2D eigenvalue weighted by atomic mass is 10.2. The topological polar surface area (TPSA) is 59.5 Å². The van der Waals surface area contributed by atoms with Crippen molar-refractivity contribution in [1.29, 1.82) is 0 Å². The molecule has 142 valence electrons. The third kappa shape index (κ3) is 4.65. The fraction of sp³-hybridized carbons (Fsp3) is 0.0952. The van der Waals surface area contributed by atoms with Crippen molar-refractivity contribution in [2.45, 2.75) is 0 Å². The molecule has 5 nitrogen and oxygen atoms in total. The zero-order valence-corrected chi connectivity index (χ0v) is 16.4. The Morgan fingerprint density at radius 3 is 2.57 bits per heavy atom. The van der Waals surface area contributed by atoms with Gasteiger partial charge in [0.15, 0.2) is 11.7 Å². The molecular weight excluding hydrogens is 396 g/mol. The number of hydrogen-bond acceptors (Lipinski definition) is 5. The molecule has 0 radical (unpaired) electrons. The summed E-state index contributed by atoms with van der Waals surface area (Å²) < 4.78 is 5.14. The Kier molecular flexibility index (Phi) is 6.57. The summed E-state index contributed by atoms with van der Waals surface area (Å²) in [6.45, 7) is 3.52. The van der Waals surface area contributed by atoms with E-state index in [2.05, 4.69) is 11.6 Å². The van der Waals surface area contributed by atoms with E-state index >= 15 is 0 Å². The predicted molar refractivity (Wildman–Crippen MR) is 112 cm³/mol. The second-order valence-corrected chi connectivity index (χ2v) is 6.97. The molecule has 1 heterocycles. The van der Waals surface area contributed by atoms with Crippen molar-refractivity contribution in [3.63, 3.8) is 0 Å². The summed E-state index contributed by atoms with van der Waals surface area (Å²) in [5.41, 5.74) is 1.95. The summed E-state index contributed by atoms with van der Waals surface area (Å²) >= 11 is 7.32. The van der Waals surface area contributed by atoms with Crippen molar-refractivity contribution < 1.29 is 14.3 Å². The molecule has 28 heavy (non-hydrogen) atoms. The van der Waals surface area contributed by atoms with E-state index in [1.54, 1.807) is 30.3 Å². The van der Waals surface area contributed by atoms with Gasteiger partial charge >= 0.3 is 5.97 Å². The van der Waals surface area contributed by atoms with Crippen molar-refractivity contribution in [3.05, 3.63) is 83.2 Å². The van der Waals surface area contributed by atoms with Gasteiger partial charge in [-0.25, -0.2) is 9.78 Å². The lowest BCUT2D eigenvalue weighted by molar-refractivity contribution is -0.121. The molecule has 1 amide bonds. The Morgan fingerprint density at radius 2 is 1.86 bits per heavy atom. The normalized spacial score (nSPS) is 10.3. The molecule has 0 aliphatic carbocycles. The van der Waals surface area contributed by atoms with Crippen molar-refractivity contribution in [2.24, 2.45) is 0 Å². The number of esters is 1. The number of nitrogens with zero attached hydrogens (tertiary/aromatic N) is 2. The molecule has 0 unspecified atom stereocenters. The Balaban J connectivity index is 1.71. The van der Waals surface area contributed by atoms with E-state index in [0.29, 0.717) is 5.13 Å². The van der Waals surface area contributed by atoms with Crippen LogP contribution in [0.15, 0.2) is 72.6 Å². The van der Waals surface area contributed by atoms with Crippen LogP contribution in [0.5, 0.6) is 0 Å². The number of hydrogen-bond donors (Lipinski definition) is 0. The molecule has 0 aliphatic rings. The number of thiazole rings is 1. The zero-order chi connectivity index (χ0) is 19.9. The van der Waals surface area contributed by atoms with Crippen LogP contribution >= 0.6 is 22.9 Å². The zero-order valence-electron chi connectivity index (χ0n) is 14.9. The molecule has 1 aromatic heterocycles. The Hall–Kier alpha value is -2.96. The molecule has 0 atom stereocenters. The summed E-state index contributed by atoms with van der Waals surface area (Å²) in [5.74, 6) is -1.05. The highest BCUT2D eigenvalue weighted by Gasteiger charge is 2.21. The largest absolute Gasteiger partial charge is 0.452 e. The maximum Gasteiger partial charge on any atom is 0.340 e. The first kappa shape index (κ1) is 19.8. The molecule has 0 aliphatic heterocycles. The van der Waals surface area contributed by atoms with Gasteiger partial charge in [-0.1, -0.05) is 60.1 Å². The molecule has 7 heteroatoms. The Morgan fingerprint density at radius 1 is 1.14 bits per heavy atom.